The van der Waals surface area contributed by atoms with Crippen LogP contribution in [0.3, 0.4) is 0 Å². The second-order valence-corrected chi connectivity index (χ2v) is 3.72. The van der Waals surface area contributed by atoms with Gasteiger partial charge in [0.15, 0.2) is 0 Å². The van der Waals surface area contributed by atoms with E-state index in [-0.39, 0.29) is 6.10 Å². The number of aliphatic hydroxyl groups excluding tert-OH is 1. The molecular formula is C12H14O. The highest BCUT2D eigenvalue weighted by Gasteiger charge is 2.14. The lowest BCUT2D eigenvalue weighted by molar-refractivity contribution is 0.180. The number of benzene rings is 1. The maximum absolute atomic E-state index is 9.73. The first-order valence-electron chi connectivity index (χ1n) is 4.64. The predicted octanol–water partition coefficient (Wildman–Crippen LogP) is 2.75. The van der Waals surface area contributed by atoms with Gasteiger partial charge in [0.05, 0.1) is 6.10 Å². The van der Waals surface area contributed by atoms with Crippen molar-refractivity contribution < 1.29 is 5.11 Å². The van der Waals surface area contributed by atoms with Gasteiger partial charge in [-0.15, -0.1) is 0 Å². The van der Waals surface area contributed by atoms with E-state index in [9.17, 15) is 5.11 Å². The van der Waals surface area contributed by atoms with Gasteiger partial charge >= 0.3 is 0 Å². The molecule has 0 heterocycles. The van der Waals surface area contributed by atoms with Crippen LogP contribution in [0.1, 0.15) is 34.8 Å². The quantitative estimate of drug-likeness (QED) is 0.641. The Bertz CT molecular complexity index is 364. The molecule has 1 aliphatic rings. The van der Waals surface area contributed by atoms with E-state index in [1.807, 2.05) is 6.08 Å². The topological polar surface area (TPSA) is 20.2 Å². The van der Waals surface area contributed by atoms with Gasteiger partial charge in [0.2, 0.25) is 0 Å². The molecule has 13 heavy (non-hydrogen) atoms. The number of fused-ring (bicyclic) bond motifs is 1. The molecule has 0 radical (unpaired) electrons. The second kappa shape index (κ2) is 3.00. The molecule has 68 valence electrons. The summed E-state index contributed by atoms with van der Waals surface area (Å²) in [7, 11) is 0. The standard InChI is InChI=1S/C12H14O/c1-8-6-10-4-3-5-12(13)11(10)7-9(8)2/h3-4,6-7,12-13H,5H2,1-2H3/t12-/m0/s1. The van der Waals surface area contributed by atoms with Crippen molar-refractivity contribution in [2.75, 3.05) is 0 Å². The van der Waals surface area contributed by atoms with Crippen LogP contribution in [0.2, 0.25) is 0 Å². The minimum absolute atomic E-state index is 0.306. The molecule has 1 nitrogen and oxygen atoms in total. The summed E-state index contributed by atoms with van der Waals surface area (Å²) in [6.45, 7) is 4.19. The Morgan fingerprint density at radius 1 is 1.23 bits per heavy atom. The van der Waals surface area contributed by atoms with E-state index in [0.29, 0.717) is 0 Å². The largest absolute Gasteiger partial charge is 0.388 e. The van der Waals surface area contributed by atoms with E-state index >= 15 is 0 Å². The summed E-state index contributed by atoms with van der Waals surface area (Å²) in [5.74, 6) is 0. The van der Waals surface area contributed by atoms with Gasteiger partial charge in [-0.2, -0.15) is 0 Å². The molecule has 1 N–H and O–H groups in total. The highest BCUT2D eigenvalue weighted by atomic mass is 16.3. The van der Waals surface area contributed by atoms with Gasteiger partial charge in [0.1, 0.15) is 0 Å². The van der Waals surface area contributed by atoms with E-state index < -0.39 is 0 Å². The SMILES string of the molecule is Cc1cc2c(cc1C)[C@@H](O)CC=C2. The van der Waals surface area contributed by atoms with E-state index in [0.717, 1.165) is 12.0 Å². The monoisotopic (exact) mass is 174 g/mol. The maximum Gasteiger partial charge on any atom is 0.0830 e. The summed E-state index contributed by atoms with van der Waals surface area (Å²) in [5.41, 5.74) is 4.79. The average molecular weight is 174 g/mol. The van der Waals surface area contributed by atoms with Crippen molar-refractivity contribution >= 4 is 6.08 Å². The zero-order valence-electron chi connectivity index (χ0n) is 8.04. The minimum Gasteiger partial charge on any atom is -0.388 e. The Morgan fingerprint density at radius 3 is 2.69 bits per heavy atom. The number of aryl methyl sites for hydroxylation is 2. The first-order chi connectivity index (χ1) is 6.18. The highest BCUT2D eigenvalue weighted by Crippen LogP contribution is 2.29. The molecule has 1 atom stereocenters. The van der Waals surface area contributed by atoms with Crippen LogP contribution in [-0.4, -0.2) is 5.11 Å². The first kappa shape index (κ1) is 8.52. The fraction of sp³-hybridized carbons (Fsp3) is 0.333. The Hall–Kier alpha value is -1.08. The molecule has 1 aromatic carbocycles. The third-order valence-electron chi connectivity index (χ3n) is 2.72. The molecular weight excluding hydrogens is 160 g/mol. The number of aliphatic hydroxyl groups is 1. The third-order valence-corrected chi connectivity index (χ3v) is 2.72. The van der Waals surface area contributed by atoms with Crippen molar-refractivity contribution in [1.82, 2.24) is 0 Å². The van der Waals surface area contributed by atoms with E-state index in [4.69, 9.17) is 0 Å². The second-order valence-electron chi connectivity index (χ2n) is 3.72. The molecule has 0 saturated heterocycles. The smallest absolute Gasteiger partial charge is 0.0830 e. The first-order valence-corrected chi connectivity index (χ1v) is 4.64. The number of hydrogen-bond acceptors (Lipinski definition) is 1. The maximum atomic E-state index is 9.73. The molecule has 2 rings (SSSR count). The Labute approximate surface area is 78.7 Å². The van der Waals surface area contributed by atoms with E-state index in [2.05, 4.69) is 32.1 Å². The highest BCUT2D eigenvalue weighted by molar-refractivity contribution is 5.59. The summed E-state index contributed by atoms with van der Waals surface area (Å²) in [5, 5.41) is 9.73. The predicted molar refractivity (Wildman–Crippen MR) is 54.5 cm³/mol. The summed E-state index contributed by atoms with van der Waals surface area (Å²) >= 11 is 0. The van der Waals surface area contributed by atoms with Gasteiger partial charge in [0.25, 0.3) is 0 Å². The van der Waals surface area contributed by atoms with Crippen molar-refractivity contribution in [3.8, 4) is 0 Å². The van der Waals surface area contributed by atoms with Gasteiger partial charge in [0, 0.05) is 0 Å². The summed E-state index contributed by atoms with van der Waals surface area (Å²) in [4.78, 5) is 0. The molecule has 1 aliphatic carbocycles. The van der Waals surface area contributed by atoms with E-state index in [1.165, 1.54) is 16.7 Å². The molecule has 0 spiro atoms. The molecule has 1 heteroatoms. The lowest BCUT2D eigenvalue weighted by Crippen LogP contribution is -2.03. The van der Waals surface area contributed by atoms with Gasteiger partial charge in [-0.1, -0.05) is 24.3 Å². The average Bonchev–Trinajstić information content (AvgIpc) is 2.09. The molecule has 0 bridgehead atoms. The molecule has 0 fully saturated rings. The zero-order valence-corrected chi connectivity index (χ0v) is 8.04. The Morgan fingerprint density at radius 2 is 1.92 bits per heavy atom. The Kier molecular flexibility index (Phi) is 1.97. The normalized spacial score (nSPS) is 20.1. The number of hydrogen-bond donors (Lipinski definition) is 1. The van der Waals surface area contributed by atoms with Gasteiger partial charge < -0.3 is 5.11 Å². The van der Waals surface area contributed by atoms with Gasteiger partial charge in [-0.05, 0) is 42.5 Å². The summed E-state index contributed by atoms with van der Waals surface area (Å²) in [6, 6.07) is 4.24. The lowest BCUT2D eigenvalue weighted by Gasteiger charge is -2.18. The van der Waals surface area contributed by atoms with Crippen molar-refractivity contribution in [2.24, 2.45) is 0 Å². The van der Waals surface area contributed by atoms with E-state index in [1.54, 1.807) is 0 Å². The zero-order chi connectivity index (χ0) is 9.42. The number of rotatable bonds is 0. The molecule has 1 aromatic rings. The molecule has 0 unspecified atom stereocenters. The molecule has 0 amide bonds. The van der Waals surface area contributed by atoms with Crippen LogP contribution in [0.5, 0.6) is 0 Å². The van der Waals surface area contributed by atoms with Crippen LogP contribution in [0.4, 0.5) is 0 Å². The fourth-order valence-corrected chi connectivity index (χ4v) is 1.74. The molecule has 0 aromatic heterocycles. The van der Waals surface area contributed by atoms with Crippen LogP contribution >= 0.6 is 0 Å². The Balaban J connectivity index is 2.60. The lowest BCUT2D eigenvalue weighted by atomic mass is 9.91. The molecule has 0 saturated carbocycles. The van der Waals surface area contributed by atoms with Crippen LogP contribution in [0.25, 0.3) is 6.08 Å². The third kappa shape index (κ3) is 1.40. The van der Waals surface area contributed by atoms with Crippen molar-refractivity contribution in [3.05, 3.63) is 40.5 Å². The van der Waals surface area contributed by atoms with Crippen LogP contribution in [0.15, 0.2) is 18.2 Å². The van der Waals surface area contributed by atoms with Crippen molar-refractivity contribution in [1.29, 1.82) is 0 Å². The van der Waals surface area contributed by atoms with Crippen LogP contribution in [-0.2, 0) is 0 Å². The van der Waals surface area contributed by atoms with Crippen molar-refractivity contribution in [2.45, 2.75) is 26.4 Å². The summed E-state index contributed by atoms with van der Waals surface area (Å²) < 4.78 is 0. The van der Waals surface area contributed by atoms with Crippen LogP contribution in [0, 0.1) is 13.8 Å². The molecule has 0 aliphatic heterocycles. The van der Waals surface area contributed by atoms with Gasteiger partial charge in [-0.25, -0.2) is 0 Å². The fourth-order valence-electron chi connectivity index (χ4n) is 1.74. The summed E-state index contributed by atoms with van der Waals surface area (Å²) in [6.07, 6.45) is 4.56. The van der Waals surface area contributed by atoms with Crippen LogP contribution < -0.4 is 0 Å². The minimum atomic E-state index is -0.306. The van der Waals surface area contributed by atoms with Gasteiger partial charge in [-0.3, -0.25) is 0 Å². The van der Waals surface area contributed by atoms with Crippen molar-refractivity contribution in [3.63, 3.8) is 0 Å².